The van der Waals surface area contributed by atoms with Gasteiger partial charge >= 0.3 is 5.97 Å². The molecule has 0 saturated carbocycles. The average molecular weight is 236 g/mol. The molecule has 3 heteroatoms. The van der Waals surface area contributed by atoms with Crippen molar-refractivity contribution in [1.82, 2.24) is 0 Å². The Balaban J connectivity index is 2.21. The number of carbonyl (C=O) groups is 1. The van der Waals surface area contributed by atoms with E-state index in [1.54, 1.807) is 6.07 Å². The van der Waals surface area contributed by atoms with Gasteiger partial charge in [-0.25, -0.2) is 4.79 Å². The van der Waals surface area contributed by atoms with E-state index in [-0.39, 0.29) is 5.76 Å². The molecule has 0 aromatic heterocycles. The molecule has 1 N–H and O–H groups in total. The van der Waals surface area contributed by atoms with Crippen LogP contribution in [0.4, 0.5) is 0 Å². The van der Waals surface area contributed by atoms with Crippen LogP contribution in [0.25, 0.3) is 23.0 Å². The Bertz CT molecular complexity index is 831. The van der Waals surface area contributed by atoms with Crippen molar-refractivity contribution in [3.8, 4) is 16.9 Å². The first-order chi connectivity index (χ1) is 8.75. The molecule has 2 aliphatic rings. The third-order valence-corrected chi connectivity index (χ3v) is 3.39. The zero-order chi connectivity index (χ0) is 12.3. The number of aliphatic hydroxyl groups is 1. The lowest BCUT2D eigenvalue weighted by Gasteiger charge is -2.00. The van der Waals surface area contributed by atoms with Crippen molar-refractivity contribution < 1.29 is 14.6 Å². The second kappa shape index (κ2) is 3.01. The molecule has 18 heavy (non-hydrogen) atoms. The van der Waals surface area contributed by atoms with Gasteiger partial charge in [-0.05, 0) is 40.1 Å². The van der Waals surface area contributed by atoms with E-state index in [1.807, 2.05) is 36.4 Å². The average Bonchev–Trinajstić information content (AvgIpc) is 2.88. The van der Waals surface area contributed by atoms with Crippen molar-refractivity contribution in [3.05, 3.63) is 52.4 Å². The Labute approximate surface area is 102 Å². The number of aliphatic hydroxyl groups excluding tert-OH is 1. The summed E-state index contributed by atoms with van der Waals surface area (Å²) < 4.78 is 5.00. The smallest absolute Gasteiger partial charge is 0.379 e. The first-order valence-corrected chi connectivity index (χ1v) is 5.65. The van der Waals surface area contributed by atoms with Gasteiger partial charge in [-0.1, -0.05) is 24.3 Å². The molecule has 0 saturated heterocycles. The molecule has 0 bridgehead atoms. The number of rotatable bonds is 0. The Morgan fingerprint density at radius 2 is 1.83 bits per heavy atom. The van der Waals surface area contributed by atoms with Crippen LogP contribution in [0.2, 0.25) is 0 Å². The number of benzene rings is 2. The van der Waals surface area contributed by atoms with Crippen molar-refractivity contribution >= 4 is 17.8 Å². The van der Waals surface area contributed by atoms with Gasteiger partial charge in [0.2, 0.25) is 5.76 Å². The third kappa shape index (κ3) is 1.01. The van der Waals surface area contributed by atoms with Crippen molar-refractivity contribution in [2.24, 2.45) is 0 Å². The minimum atomic E-state index is -0.678. The SMILES string of the molecule is O=C1Oc2ccc3c(c2=C1O)=Cc1ccccc1-3. The third-order valence-electron chi connectivity index (χ3n) is 3.39. The quantitative estimate of drug-likeness (QED) is 0.469. The molecule has 86 valence electrons. The highest BCUT2D eigenvalue weighted by molar-refractivity contribution is 6.10. The van der Waals surface area contributed by atoms with E-state index in [9.17, 15) is 9.90 Å². The van der Waals surface area contributed by atoms with Gasteiger partial charge in [0.15, 0.2) is 0 Å². The monoisotopic (exact) mass is 236 g/mol. The molecule has 1 aliphatic carbocycles. The number of carbonyl (C=O) groups excluding carboxylic acids is 1. The molecule has 0 unspecified atom stereocenters. The lowest BCUT2D eigenvalue weighted by atomic mass is 10.0. The van der Waals surface area contributed by atoms with Gasteiger partial charge in [0.1, 0.15) is 5.75 Å². The summed E-state index contributed by atoms with van der Waals surface area (Å²) in [5, 5.41) is 11.2. The molecule has 4 rings (SSSR count). The molecule has 1 heterocycles. The lowest BCUT2D eigenvalue weighted by molar-refractivity contribution is -0.128. The van der Waals surface area contributed by atoms with Gasteiger partial charge in [0, 0.05) is 0 Å². The number of ether oxygens (including phenoxy) is 1. The standard InChI is InChI=1S/C15H8O3/c16-14-13-11-7-8-3-1-2-4-9(8)10(11)5-6-12(13)18-15(14)17/h1-7,16H. The molecule has 0 radical (unpaired) electrons. The Hall–Kier alpha value is -2.55. The highest BCUT2D eigenvalue weighted by Crippen LogP contribution is 2.27. The number of hydrogen-bond donors (Lipinski definition) is 1. The van der Waals surface area contributed by atoms with Crippen LogP contribution in [0.5, 0.6) is 5.75 Å². The molecule has 1 aliphatic heterocycles. The number of esters is 1. The minimum Gasteiger partial charge on any atom is -0.501 e. The fourth-order valence-electron chi connectivity index (χ4n) is 2.59. The van der Waals surface area contributed by atoms with Crippen molar-refractivity contribution in [3.63, 3.8) is 0 Å². The summed E-state index contributed by atoms with van der Waals surface area (Å²) in [6.07, 6.45) is 1.97. The van der Waals surface area contributed by atoms with Crippen LogP contribution in [-0.4, -0.2) is 11.1 Å². The lowest BCUT2D eigenvalue weighted by Crippen LogP contribution is -2.25. The first-order valence-electron chi connectivity index (χ1n) is 5.65. The summed E-state index contributed by atoms with van der Waals surface area (Å²) in [6, 6.07) is 11.6. The molecular formula is C15H8O3. The van der Waals surface area contributed by atoms with E-state index >= 15 is 0 Å². The summed E-state index contributed by atoms with van der Waals surface area (Å²) in [4.78, 5) is 11.4. The van der Waals surface area contributed by atoms with E-state index in [1.165, 1.54) is 0 Å². The minimum absolute atomic E-state index is 0.300. The maximum Gasteiger partial charge on any atom is 0.379 e. The molecule has 2 aromatic rings. The summed E-state index contributed by atoms with van der Waals surface area (Å²) in [7, 11) is 0. The van der Waals surface area contributed by atoms with Crippen molar-refractivity contribution in [2.45, 2.75) is 0 Å². The van der Waals surface area contributed by atoms with Crippen LogP contribution < -0.4 is 15.2 Å². The fourth-order valence-corrected chi connectivity index (χ4v) is 2.59. The van der Waals surface area contributed by atoms with Gasteiger partial charge in [0.25, 0.3) is 0 Å². The predicted octanol–water partition coefficient (Wildman–Crippen LogP) is 1.08. The molecular weight excluding hydrogens is 228 g/mol. The van der Waals surface area contributed by atoms with E-state index in [4.69, 9.17) is 4.74 Å². The van der Waals surface area contributed by atoms with E-state index in [0.29, 0.717) is 11.0 Å². The summed E-state index contributed by atoms with van der Waals surface area (Å²) in [5.41, 5.74) is 3.23. The van der Waals surface area contributed by atoms with Gasteiger partial charge in [0.05, 0.1) is 5.22 Å². The summed E-state index contributed by atoms with van der Waals surface area (Å²) in [5.74, 6) is -0.547. The van der Waals surface area contributed by atoms with Gasteiger partial charge in [-0.15, -0.1) is 0 Å². The number of hydrogen-bond acceptors (Lipinski definition) is 3. The second-order valence-corrected chi connectivity index (χ2v) is 4.37. The van der Waals surface area contributed by atoms with Gasteiger partial charge < -0.3 is 9.84 Å². The molecule has 0 fully saturated rings. The zero-order valence-corrected chi connectivity index (χ0v) is 9.31. The Morgan fingerprint density at radius 3 is 2.72 bits per heavy atom. The second-order valence-electron chi connectivity index (χ2n) is 4.37. The zero-order valence-electron chi connectivity index (χ0n) is 9.31. The van der Waals surface area contributed by atoms with Crippen LogP contribution in [0.15, 0.2) is 36.4 Å². The van der Waals surface area contributed by atoms with E-state index < -0.39 is 5.97 Å². The normalized spacial score (nSPS) is 14.7. The van der Waals surface area contributed by atoms with Crippen LogP contribution >= 0.6 is 0 Å². The maximum absolute atomic E-state index is 11.4. The molecule has 2 aromatic carbocycles. The Morgan fingerprint density at radius 1 is 1.00 bits per heavy atom. The topological polar surface area (TPSA) is 46.5 Å². The van der Waals surface area contributed by atoms with Crippen LogP contribution in [0.3, 0.4) is 0 Å². The first kappa shape index (κ1) is 9.48. The van der Waals surface area contributed by atoms with Gasteiger partial charge in [-0.3, -0.25) is 0 Å². The highest BCUT2D eigenvalue weighted by atomic mass is 16.6. The van der Waals surface area contributed by atoms with Crippen molar-refractivity contribution in [2.75, 3.05) is 0 Å². The summed E-state index contributed by atoms with van der Waals surface area (Å²) in [6.45, 7) is 0. The van der Waals surface area contributed by atoms with E-state index in [2.05, 4.69) is 0 Å². The predicted molar refractivity (Wildman–Crippen MR) is 66.4 cm³/mol. The largest absolute Gasteiger partial charge is 0.501 e. The molecule has 3 nitrogen and oxygen atoms in total. The molecule has 0 spiro atoms. The fraction of sp³-hybridized carbons (Fsp3) is 0. The maximum atomic E-state index is 11.4. The summed E-state index contributed by atoms with van der Waals surface area (Å²) >= 11 is 0. The number of fused-ring (bicyclic) bond motifs is 5. The molecule has 0 amide bonds. The highest BCUT2D eigenvalue weighted by Gasteiger charge is 2.25. The van der Waals surface area contributed by atoms with Crippen LogP contribution in [0.1, 0.15) is 5.56 Å². The molecule has 0 atom stereocenters. The van der Waals surface area contributed by atoms with E-state index in [0.717, 1.165) is 21.9 Å². The van der Waals surface area contributed by atoms with Crippen LogP contribution in [0, 0.1) is 0 Å². The Kier molecular flexibility index (Phi) is 1.59. The van der Waals surface area contributed by atoms with Crippen LogP contribution in [-0.2, 0) is 4.79 Å². The van der Waals surface area contributed by atoms with Gasteiger partial charge in [-0.2, -0.15) is 0 Å². The van der Waals surface area contributed by atoms with Crippen molar-refractivity contribution in [1.29, 1.82) is 0 Å².